The maximum absolute atomic E-state index is 5.68. The van der Waals surface area contributed by atoms with E-state index in [1.165, 1.54) is 25.7 Å². The zero-order chi connectivity index (χ0) is 10.7. The lowest BCUT2D eigenvalue weighted by Crippen LogP contribution is -2.47. The van der Waals surface area contributed by atoms with Gasteiger partial charge in [-0.05, 0) is 44.6 Å². The van der Waals surface area contributed by atoms with Crippen molar-refractivity contribution in [3.8, 4) is 0 Å². The van der Waals surface area contributed by atoms with Gasteiger partial charge in [-0.3, -0.25) is 0 Å². The lowest BCUT2D eigenvalue weighted by atomic mass is 9.86. The fourth-order valence-electron chi connectivity index (χ4n) is 2.80. The molecule has 0 aromatic heterocycles. The Bertz CT molecular complexity index is 188. The number of rotatable bonds is 5. The third kappa shape index (κ3) is 2.71. The first kappa shape index (κ1) is 11.4. The largest absolute Gasteiger partial charge is 0.381 e. The zero-order valence-corrected chi connectivity index (χ0v) is 9.87. The van der Waals surface area contributed by atoms with Crippen molar-refractivity contribution in [2.75, 3.05) is 27.4 Å². The SMILES string of the molecule is CNC(C1CCOCC1)C(OC)C1CC1. The molecule has 0 aromatic carbocycles. The van der Waals surface area contributed by atoms with Gasteiger partial charge in [-0.2, -0.15) is 0 Å². The van der Waals surface area contributed by atoms with Crippen LogP contribution in [0.25, 0.3) is 0 Å². The molecule has 1 saturated carbocycles. The van der Waals surface area contributed by atoms with E-state index in [9.17, 15) is 0 Å². The highest BCUT2D eigenvalue weighted by Gasteiger charge is 2.39. The topological polar surface area (TPSA) is 30.5 Å². The second-order valence-electron chi connectivity index (χ2n) is 4.80. The fraction of sp³-hybridized carbons (Fsp3) is 1.00. The summed E-state index contributed by atoms with van der Waals surface area (Å²) in [6.45, 7) is 1.84. The summed E-state index contributed by atoms with van der Waals surface area (Å²) < 4.78 is 11.1. The van der Waals surface area contributed by atoms with Gasteiger partial charge in [0.05, 0.1) is 6.10 Å². The van der Waals surface area contributed by atoms with Crippen LogP contribution in [0.4, 0.5) is 0 Å². The van der Waals surface area contributed by atoms with Gasteiger partial charge in [0.1, 0.15) is 0 Å². The molecule has 2 fully saturated rings. The Labute approximate surface area is 92.5 Å². The third-order valence-electron chi connectivity index (χ3n) is 3.82. The normalized spacial score (nSPS) is 27.6. The molecule has 1 N–H and O–H groups in total. The van der Waals surface area contributed by atoms with Gasteiger partial charge in [0.15, 0.2) is 0 Å². The Kier molecular flexibility index (Phi) is 4.00. The van der Waals surface area contributed by atoms with Crippen LogP contribution in [-0.2, 0) is 9.47 Å². The van der Waals surface area contributed by atoms with Crippen molar-refractivity contribution in [3.05, 3.63) is 0 Å². The first-order valence-electron chi connectivity index (χ1n) is 6.14. The van der Waals surface area contributed by atoms with E-state index in [0.717, 1.165) is 25.0 Å². The van der Waals surface area contributed by atoms with Crippen LogP contribution in [0.2, 0.25) is 0 Å². The maximum atomic E-state index is 5.68. The van der Waals surface area contributed by atoms with Gasteiger partial charge in [-0.25, -0.2) is 0 Å². The van der Waals surface area contributed by atoms with Crippen LogP contribution in [0.1, 0.15) is 25.7 Å². The van der Waals surface area contributed by atoms with Gasteiger partial charge in [-0.15, -0.1) is 0 Å². The maximum Gasteiger partial charge on any atom is 0.0754 e. The third-order valence-corrected chi connectivity index (χ3v) is 3.82. The molecule has 2 unspecified atom stereocenters. The molecule has 1 heterocycles. The van der Waals surface area contributed by atoms with Gasteiger partial charge >= 0.3 is 0 Å². The van der Waals surface area contributed by atoms with Crippen molar-refractivity contribution in [1.29, 1.82) is 0 Å². The molecule has 3 heteroatoms. The van der Waals surface area contributed by atoms with Crippen LogP contribution in [0.15, 0.2) is 0 Å². The van der Waals surface area contributed by atoms with Crippen LogP contribution >= 0.6 is 0 Å². The predicted molar refractivity (Wildman–Crippen MR) is 59.9 cm³/mol. The minimum atomic E-state index is 0.415. The molecular weight excluding hydrogens is 190 g/mol. The molecule has 0 radical (unpaired) electrons. The highest BCUT2D eigenvalue weighted by molar-refractivity contribution is 4.93. The Morgan fingerprint density at radius 2 is 1.80 bits per heavy atom. The average molecular weight is 213 g/mol. The molecule has 1 aliphatic heterocycles. The van der Waals surface area contributed by atoms with E-state index in [0.29, 0.717) is 12.1 Å². The molecule has 2 rings (SSSR count). The molecule has 2 atom stereocenters. The number of hydrogen-bond donors (Lipinski definition) is 1. The highest BCUT2D eigenvalue weighted by atomic mass is 16.5. The van der Waals surface area contributed by atoms with E-state index in [1.807, 2.05) is 7.11 Å². The summed E-state index contributed by atoms with van der Waals surface area (Å²) in [6.07, 6.45) is 5.47. The van der Waals surface area contributed by atoms with Crippen molar-refractivity contribution < 1.29 is 9.47 Å². The molecule has 1 aliphatic carbocycles. The van der Waals surface area contributed by atoms with Gasteiger partial charge < -0.3 is 14.8 Å². The second kappa shape index (κ2) is 5.28. The summed E-state index contributed by atoms with van der Waals surface area (Å²) in [5, 5.41) is 3.46. The molecule has 0 aromatic rings. The van der Waals surface area contributed by atoms with Crippen LogP contribution in [0, 0.1) is 11.8 Å². The molecule has 0 spiro atoms. The Morgan fingerprint density at radius 1 is 1.13 bits per heavy atom. The standard InChI is InChI=1S/C12H23NO2/c1-13-11(9-5-7-15-8-6-9)12(14-2)10-3-4-10/h9-13H,3-8H2,1-2H3. The van der Waals surface area contributed by atoms with Crippen LogP contribution in [0.5, 0.6) is 0 Å². The number of hydrogen-bond acceptors (Lipinski definition) is 3. The Balaban J connectivity index is 1.93. The minimum absolute atomic E-state index is 0.415. The Morgan fingerprint density at radius 3 is 2.27 bits per heavy atom. The van der Waals surface area contributed by atoms with Gasteiger partial charge in [0.2, 0.25) is 0 Å². The van der Waals surface area contributed by atoms with E-state index in [4.69, 9.17) is 9.47 Å². The first-order chi connectivity index (χ1) is 7.36. The summed E-state index contributed by atoms with van der Waals surface area (Å²) >= 11 is 0. The Hall–Kier alpha value is -0.120. The lowest BCUT2D eigenvalue weighted by Gasteiger charge is -2.35. The fourth-order valence-corrected chi connectivity index (χ4v) is 2.80. The van der Waals surface area contributed by atoms with Crippen molar-refractivity contribution >= 4 is 0 Å². The molecule has 2 aliphatic rings. The molecule has 15 heavy (non-hydrogen) atoms. The number of nitrogens with one attached hydrogen (secondary N) is 1. The van der Waals surface area contributed by atoms with E-state index in [-0.39, 0.29) is 0 Å². The van der Waals surface area contributed by atoms with Crippen LogP contribution in [0.3, 0.4) is 0 Å². The number of methoxy groups -OCH3 is 1. The van der Waals surface area contributed by atoms with E-state index in [1.54, 1.807) is 0 Å². The van der Waals surface area contributed by atoms with Crippen LogP contribution in [-0.4, -0.2) is 39.5 Å². The van der Waals surface area contributed by atoms with E-state index < -0.39 is 0 Å². The van der Waals surface area contributed by atoms with Crippen molar-refractivity contribution in [1.82, 2.24) is 5.32 Å². The van der Waals surface area contributed by atoms with Crippen molar-refractivity contribution in [2.24, 2.45) is 11.8 Å². The summed E-state index contributed by atoms with van der Waals surface area (Å²) in [5.74, 6) is 1.53. The van der Waals surface area contributed by atoms with Crippen molar-refractivity contribution in [2.45, 2.75) is 37.8 Å². The summed E-state index contributed by atoms with van der Waals surface area (Å²) in [4.78, 5) is 0. The summed E-state index contributed by atoms with van der Waals surface area (Å²) in [5.41, 5.74) is 0. The summed E-state index contributed by atoms with van der Waals surface area (Å²) in [6, 6.07) is 0.520. The quantitative estimate of drug-likeness (QED) is 0.749. The van der Waals surface area contributed by atoms with E-state index in [2.05, 4.69) is 12.4 Å². The molecule has 3 nitrogen and oxygen atoms in total. The molecule has 0 bridgehead atoms. The molecular formula is C12H23NO2. The highest BCUT2D eigenvalue weighted by Crippen LogP contribution is 2.38. The van der Waals surface area contributed by atoms with E-state index >= 15 is 0 Å². The smallest absolute Gasteiger partial charge is 0.0754 e. The number of likely N-dealkylation sites (N-methyl/N-ethyl adjacent to an activating group) is 1. The molecule has 88 valence electrons. The average Bonchev–Trinajstić information content (AvgIpc) is 3.11. The van der Waals surface area contributed by atoms with Gasteiger partial charge in [-0.1, -0.05) is 0 Å². The molecule has 1 saturated heterocycles. The first-order valence-corrected chi connectivity index (χ1v) is 6.14. The van der Waals surface area contributed by atoms with Gasteiger partial charge in [0, 0.05) is 26.4 Å². The van der Waals surface area contributed by atoms with Crippen LogP contribution < -0.4 is 5.32 Å². The number of ether oxygens (including phenoxy) is 2. The van der Waals surface area contributed by atoms with Gasteiger partial charge in [0.25, 0.3) is 0 Å². The predicted octanol–water partition coefficient (Wildman–Crippen LogP) is 1.43. The molecule has 0 amide bonds. The monoisotopic (exact) mass is 213 g/mol. The summed E-state index contributed by atoms with van der Waals surface area (Å²) in [7, 11) is 3.92. The van der Waals surface area contributed by atoms with Crippen molar-refractivity contribution in [3.63, 3.8) is 0 Å². The zero-order valence-electron chi connectivity index (χ0n) is 9.87. The second-order valence-corrected chi connectivity index (χ2v) is 4.80. The lowest BCUT2D eigenvalue weighted by molar-refractivity contribution is -0.00325. The minimum Gasteiger partial charge on any atom is -0.381 e.